The molecule has 0 bridgehead atoms. The fourth-order valence-corrected chi connectivity index (χ4v) is 3.56. The first-order chi connectivity index (χ1) is 15.1. The Bertz CT molecular complexity index is 937. The van der Waals surface area contributed by atoms with Crippen molar-refractivity contribution in [1.82, 2.24) is 9.88 Å². The first kappa shape index (κ1) is 24.1. The van der Waals surface area contributed by atoms with Crippen LogP contribution < -0.4 is 9.47 Å². The minimum atomic E-state index is -0.602. The second-order valence-corrected chi connectivity index (χ2v) is 9.06. The molecular weight excluding hydrogens is 439 g/mol. The van der Waals surface area contributed by atoms with Crippen molar-refractivity contribution in [1.29, 1.82) is 0 Å². The predicted octanol–water partition coefficient (Wildman–Crippen LogP) is 4.59. The summed E-state index contributed by atoms with van der Waals surface area (Å²) in [6.45, 7) is 5.72. The van der Waals surface area contributed by atoms with E-state index in [1.54, 1.807) is 50.1 Å². The zero-order valence-electron chi connectivity index (χ0n) is 18.4. The molecule has 1 amide bonds. The first-order valence-electron chi connectivity index (χ1n) is 10.4. The van der Waals surface area contributed by atoms with Crippen LogP contribution in [0.2, 0.25) is 5.02 Å². The van der Waals surface area contributed by atoms with Gasteiger partial charge in [0, 0.05) is 36.7 Å². The lowest BCUT2D eigenvalue weighted by molar-refractivity contribution is -0.0144. The molecule has 1 N–H and O–H groups in total. The first-order valence-corrected chi connectivity index (χ1v) is 10.8. The van der Waals surface area contributed by atoms with E-state index in [9.17, 15) is 14.3 Å². The number of carbonyl (C=O) groups excluding carboxylic acids is 1. The van der Waals surface area contributed by atoms with Crippen LogP contribution in [0.15, 0.2) is 36.5 Å². The van der Waals surface area contributed by atoms with Gasteiger partial charge in [0.05, 0.1) is 18.3 Å². The number of aromatic nitrogens is 1. The molecule has 1 aromatic carbocycles. The van der Waals surface area contributed by atoms with Crippen molar-refractivity contribution >= 4 is 17.7 Å². The molecule has 2 heterocycles. The van der Waals surface area contributed by atoms with Crippen LogP contribution in [0, 0.1) is 5.82 Å². The summed E-state index contributed by atoms with van der Waals surface area (Å²) in [5, 5.41) is 10.1. The number of aliphatic hydroxyl groups is 1. The number of aliphatic hydroxyl groups excluding tert-OH is 1. The number of benzene rings is 1. The molecule has 1 aromatic heterocycles. The number of ether oxygens (including phenoxy) is 3. The van der Waals surface area contributed by atoms with Crippen LogP contribution in [0.4, 0.5) is 9.18 Å². The lowest BCUT2D eigenvalue weighted by Gasteiger charge is -2.39. The van der Waals surface area contributed by atoms with Crippen LogP contribution in [-0.2, 0) is 11.3 Å². The molecule has 1 aliphatic heterocycles. The van der Waals surface area contributed by atoms with Gasteiger partial charge >= 0.3 is 6.09 Å². The smallest absolute Gasteiger partial charge is 0.410 e. The van der Waals surface area contributed by atoms with Gasteiger partial charge < -0.3 is 24.2 Å². The summed E-state index contributed by atoms with van der Waals surface area (Å²) in [4.78, 5) is 18.2. The van der Waals surface area contributed by atoms with Crippen LogP contribution >= 0.6 is 11.6 Å². The molecule has 0 saturated carbocycles. The zero-order valence-corrected chi connectivity index (χ0v) is 19.1. The Morgan fingerprint density at radius 2 is 2.09 bits per heavy atom. The highest BCUT2D eigenvalue weighted by atomic mass is 35.5. The lowest BCUT2D eigenvalue weighted by atomic mass is 10.00. The second-order valence-electron chi connectivity index (χ2n) is 8.62. The summed E-state index contributed by atoms with van der Waals surface area (Å²) in [6.07, 6.45) is 2.04. The summed E-state index contributed by atoms with van der Waals surface area (Å²) in [7, 11) is 0. The summed E-state index contributed by atoms with van der Waals surface area (Å²) in [5.74, 6) is 0.127. The van der Waals surface area contributed by atoms with Crippen LogP contribution in [-0.4, -0.2) is 52.0 Å². The SMILES string of the molecule is CC(C)(C)OC(=O)N1CC[C@H](Oc2ccnc(COc3ccc(Cl)cc3F)c2)C[C@@H]1CO. The molecule has 174 valence electrons. The van der Waals surface area contributed by atoms with E-state index in [0.29, 0.717) is 35.9 Å². The van der Waals surface area contributed by atoms with Crippen molar-refractivity contribution in [2.24, 2.45) is 0 Å². The molecule has 0 aliphatic carbocycles. The van der Waals surface area contributed by atoms with Crippen LogP contribution in [0.5, 0.6) is 11.5 Å². The Labute approximate surface area is 192 Å². The van der Waals surface area contributed by atoms with Crippen molar-refractivity contribution in [2.45, 2.75) is 58.0 Å². The minimum absolute atomic E-state index is 0.0616. The maximum absolute atomic E-state index is 13.9. The number of nitrogens with zero attached hydrogens (tertiary/aromatic N) is 2. The van der Waals surface area contributed by atoms with Gasteiger partial charge in [-0.2, -0.15) is 0 Å². The molecular formula is C23H28ClFN2O5. The minimum Gasteiger partial charge on any atom is -0.490 e. The molecule has 1 fully saturated rings. The van der Waals surface area contributed by atoms with Gasteiger partial charge in [-0.15, -0.1) is 0 Å². The van der Waals surface area contributed by atoms with Gasteiger partial charge in [0.2, 0.25) is 0 Å². The van der Waals surface area contributed by atoms with E-state index < -0.39 is 17.5 Å². The van der Waals surface area contributed by atoms with Gasteiger partial charge in [0.15, 0.2) is 11.6 Å². The second kappa shape index (κ2) is 10.4. The van der Waals surface area contributed by atoms with Gasteiger partial charge in [-0.25, -0.2) is 9.18 Å². The fourth-order valence-electron chi connectivity index (χ4n) is 3.40. The van der Waals surface area contributed by atoms with Crippen molar-refractivity contribution in [2.75, 3.05) is 13.2 Å². The van der Waals surface area contributed by atoms with E-state index >= 15 is 0 Å². The monoisotopic (exact) mass is 466 g/mol. The third-order valence-electron chi connectivity index (χ3n) is 4.87. The quantitative estimate of drug-likeness (QED) is 0.670. The largest absolute Gasteiger partial charge is 0.490 e. The molecule has 1 aliphatic rings. The molecule has 7 nitrogen and oxygen atoms in total. The summed E-state index contributed by atoms with van der Waals surface area (Å²) in [6, 6.07) is 7.26. The van der Waals surface area contributed by atoms with E-state index in [-0.39, 0.29) is 31.1 Å². The maximum atomic E-state index is 13.9. The van der Waals surface area contributed by atoms with Gasteiger partial charge in [0.1, 0.15) is 24.1 Å². The molecule has 3 rings (SSSR count). The lowest BCUT2D eigenvalue weighted by Crippen LogP contribution is -2.51. The summed E-state index contributed by atoms with van der Waals surface area (Å²) < 4.78 is 30.9. The van der Waals surface area contributed by atoms with Crippen molar-refractivity contribution < 1.29 is 28.5 Å². The van der Waals surface area contributed by atoms with Crippen molar-refractivity contribution in [3.05, 3.63) is 53.1 Å². The summed E-state index contributed by atoms with van der Waals surface area (Å²) >= 11 is 5.75. The Balaban J connectivity index is 1.58. The van der Waals surface area contributed by atoms with E-state index in [4.69, 9.17) is 25.8 Å². The number of halogens is 2. The molecule has 9 heteroatoms. The number of hydrogen-bond acceptors (Lipinski definition) is 6. The third kappa shape index (κ3) is 6.71. The number of carbonyl (C=O) groups is 1. The number of hydrogen-bond donors (Lipinski definition) is 1. The number of likely N-dealkylation sites (tertiary alicyclic amines) is 1. The normalized spacial score (nSPS) is 18.9. The molecule has 32 heavy (non-hydrogen) atoms. The molecule has 2 aromatic rings. The number of piperidine rings is 1. The van der Waals surface area contributed by atoms with E-state index in [0.717, 1.165) is 0 Å². The summed E-state index contributed by atoms with van der Waals surface area (Å²) in [5.41, 5.74) is -0.0312. The highest BCUT2D eigenvalue weighted by Crippen LogP contribution is 2.26. The Hall–Kier alpha value is -2.58. The maximum Gasteiger partial charge on any atom is 0.410 e. The standard InChI is InChI=1S/C23H28ClFN2O5/c1-23(2,3)32-22(29)27-9-7-19(12-17(27)13-28)31-18-6-8-26-16(11-18)14-30-21-5-4-15(24)10-20(21)25/h4-6,8,10-11,17,19,28H,7,9,12-14H2,1-3H3/t17-,19+/m1/s1. The molecule has 0 unspecified atom stereocenters. The van der Waals surface area contributed by atoms with Crippen molar-refractivity contribution in [3.63, 3.8) is 0 Å². The topological polar surface area (TPSA) is 81.1 Å². The number of pyridine rings is 1. The Morgan fingerprint density at radius 3 is 2.78 bits per heavy atom. The van der Waals surface area contributed by atoms with Gasteiger partial charge in [-0.3, -0.25) is 4.98 Å². The molecule has 2 atom stereocenters. The molecule has 0 radical (unpaired) electrons. The van der Waals surface area contributed by atoms with Gasteiger partial charge in [-0.1, -0.05) is 11.6 Å². The third-order valence-corrected chi connectivity index (χ3v) is 5.10. The zero-order chi connectivity index (χ0) is 23.3. The van der Waals surface area contributed by atoms with E-state index in [1.807, 2.05) is 0 Å². The average molecular weight is 467 g/mol. The predicted molar refractivity (Wildman–Crippen MR) is 117 cm³/mol. The van der Waals surface area contributed by atoms with Crippen LogP contribution in [0.3, 0.4) is 0 Å². The fraction of sp³-hybridized carbons (Fsp3) is 0.478. The Kier molecular flexibility index (Phi) is 7.79. The highest BCUT2D eigenvalue weighted by molar-refractivity contribution is 6.30. The van der Waals surface area contributed by atoms with E-state index in [2.05, 4.69) is 4.98 Å². The highest BCUT2D eigenvalue weighted by Gasteiger charge is 2.34. The van der Waals surface area contributed by atoms with Gasteiger partial charge in [-0.05, 0) is 45.0 Å². The van der Waals surface area contributed by atoms with Crippen LogP contribution in [0.25, 0.3) is 0 Å². The average Bonchev–Trinajstić information content (AvgIpc) is 2.72. The van der Waals surface area contributed by atoms with Crippen molar-refractivity contribution in [3.8, 4) is 11.5 Å². The van der Waals surface area contributed by atoms with Crippen LogP contribution in [0.1, 0.15) is 39.3 Å². The Morgan fingerprint density at radius 1 is 1.31 bits per heavy atom. The van der Waals surface area contributed by atoms with E-state index in [1.165, 1.54) is 12.1 Å². The molecule has 0 spiro atoms. The van der Waals surface area contributed by atoms with Gasteiger partial charge in [0.25, 0.3) is 0 Å². The number of rotatable bonds is 6. The molecule has 1 saturated heterocycles. The number of amides is 1.